The number of amidine groups is 1. The van der Waals surface area contributed by atoms with Crippen LogP contribution in [0.4, 0.5) is 0 Å². The summed E-state index contributed by atoms with van der Waals surface area (Å²) in [6, 6.07) is 7.57. The number of hydrogen-bond donors (Lipinski definition) is 5. The summed E-state index contributed by atoms with van der Waals surface area (Å²) >= 11 is 0. The molecule has 1 aromatic carbocycles. The minimum atomic E-state index is -1.43. The molecule has 0 fully saturated rings. The van der Waals surface area contributed by atoms with Crippen molar-refractivity contribution in [3.05, 3.63) is 51.8 Å². The second-order valence-corrected chi connectivity index (χ2v) is 4.17. The molecule has 0 aliphatic carbocycles. The number of carboxylic acid groups (broad SMARTS) is 1. The lowest BCUT2D eigenvalue weighted by molar-refractivity contribution is 0.0687. The number of nitrogens with zero attached hydrogens (tertiary/aromatic N) is 1. The lowest BCUT2D eigenvalue weighted by Gasteiger charge is -2.06. The lowest BCUT2D eigenvalue weighted by atomic mass is 10.1. The summed E-state index contributed by atoms with van der Waals surface area (Å²) in [5, 5.41) is 21.7. The van der Waals surface area contributed by atoms with E-state index in [1.807, 2.05) is 0 Å². The quantitative estimate of drug-likeness (QED) is 0.232. The molecular formula is C13H12N4O4. The van der Waals surface area contributed by atoms with Crippen LogP contribution in [0.2, 0.25) is 0 Å². The molecule has 0 aliphatic heterocycles. The predicted molar refractivity (Wildman–Crippen MR) is 76.0 cm³/mol. The fraction of sp³-hybridized carbons (Fsp3) is 0. The topological polar surface area (TPSA) is 155 Å². The molecule has 1 aromatic heterocycles. The van der Waals surface area contributed by atoms with Crippen molar-refractivity contribution in [2.24, 2.45) is 16.7 Å². The van der Waals surface area contributed by atoms with Crippen LogP contribution in [-0.2, 0) is 0 Å². The lowest BCUT2D eigenvalue weighted by Crippen LogP contribution is -2.15. The molecule has 2 rings (SSSR count). The number of carbonyl (C=O) groups is 1. The van der Waals surface area contributed by atoms with Crippen molar-refractivity contribution < 1.29 is 15.0 Å². The third kappa shape index (κ3) is 2.68. The smallest absolute Gasteiger partial charge is 0.356 e. The maximum absolute atomic E-state index is 11.6. The Balaban J connectivity index is 2.52. The van der Waals surface area contributed by atoms with E-state index in [0.717, 1.165) is 6.07 Å². The number of aromatic amines is 1. The molecule has 0 bridgehead atoms. The fourth-order valence-corrected chi connectivity index (χ4v) is 1.76. The molecule has 0 saturated heterocycles. The molecule has 0 atom stereocenters. The van der Waals surface area contributed by atoms with Gasteiger partial charge in [-0.1, -0.05) is 24.3 Å². The number of aromatic carboxylic acids is 1. The summed E-state index contributed by atoms with van der Waals surface area (Å²) < 4.78 is 0. The van der Waals surface area contributed by atoms with Crippen molar-refractivity contribution >= 4 is 11.8 Å². The van der Waals surface area contributed by atoms with Crippen molar-refractivity contribution in [3.8, 4) is 17.0 Å². The summed E-state index contributed by atoms with van der Waals surface area (Å²) in [5.41, 5.74) is 5.58. The number of carboxylic acids is 1. The molecule has 0 aliphatic rings. The molecule has 0 saturated carbocycles. The van der Waals surface area contributed by atoms with Crippen molar-refractivity contribution in [1.82, 2.24) is 4.98 Å². The molecule has 0 unspecified atom stereocenters. The van der Waals surface area contributed by atoms with Crippen LogP contribution in [0.3, 0.4) is 0 Å². The van der Waals surface area contributed by atoms with Crippen LogP contribution in [0.15, 0.2) is 40.2 Å². The first-order chi connectivity index (χ1) is 9.93. The zero-order chi connectivity index (χ0) is 15.6. The minimum Gasteiger partial charge on any atom is -0.502 e. The van der Waals surface area contributed by atoms with Gasteiger partial charge in [0.1, 0.15) is 5.84 Å². The summed E-state index contributed by atoms with van der Waals surface area (Å²) in [7, 11) is 0. The van der Waals surface area contributed by atoms with Crippen LogP contribution in [-0.4, -0.2) is 27.0 Å². The Morgan fingerprint density at radius 2 is 1.86 bits per heavy atom. The second-order valence-electron chi connectivity index (χ2n) is 4.17. The number of nitrogens with two attached hydrogens (primary N) is 2. The van der Waals surface area contributed by atoms with E-state index in [4.69, 9.17) is 16.7 Å². The Bertz CT molecular complexity index is 778. The minimum absolute atomic E-state index is 0.145. The highest BCUT2D eigenvalue weighted by molar-refractivity contribution is 5.97. The van der Waals surface area contributed by atoms with E-state index in [1.165, 1.54) is 0 Å². The van der Waals surface area contributed by atoms with Gasteiger partial charge in [0.15, 0.2) is 11.4 Å². The van der Waals surface area contributed by atoms with E-state index in [-0.39, 0.29) is 11.5 Å². The van der Waals surface area contributed by atoms with Gasteiger partial charge in [0.05, 0.1) is 5.69 Å². The molecule has 8 nitrogen and oxygen atoms in total. The number of hydrazone groups is 1. The van der Waals surface area contributed by atoms with Gasteiger partial charge >= 0.3 is 5.97 Å². The van der Waals surface area contributed by atoms with Crippen molar-refractivity contribution in [1.29, 1.82) is 0 Å². The van der Waals surface area contributed by atoms with Crippen LogP contribution in [0, 0.1) is 0 Å². The summed E-state index contributed by atoms with van der Waals surface area (Å²) in [6.07, 6.45) is 0. The largest absolute Gasteiger partial charge is 0.502 e. The van der Waals surface area contributed by atoms with Gasteiger partial charge in [-0.05, 0) is 5.56 Å². The van der Waals surface area contributed by atoms with Crippen LogP contribution >= 0.6 is 0 Å². The van der Waals surface area contributed by atoms with Crippen LogP contribution < -0.4 is 17.0 Å². The number of nitrogens with one attached hydrogen (secondary N) is 1. The fourth-order valence-electron chi connectivity index (χ4n) is 1.76. The highest BCUT2D eigenvalue weighted by Gasteiger charge is 2.15. The average molecular weight is 288 g/mol. The van der Waals surface area contributed by atoms with Gasteiger partial charge in [0.25, 0.3) is 0 Å². The van der Waals surface area contributed by atoms with Crippen molar-refractivity contribution in [3.63, 3.8) is 0 Å². The Kier molecular flexibility index (Phi) is 3.61. The molecule has 0 radical (unpaired) electrons. The standard InChI is InChI=1S/C13H12N4O4/c14-12(17-15)7-3-1-6(2-4-7)8-5-9(18)11(19)10(16-8)13(20)21/h1-5,19H,15H2,(H2,14,17)(H,16,18)(H,20,21). The van der Waals surface area contributed by atoms with Crippen molar-refractivity contribution in [2.45, 2.75) is 0 Å². The number of benzene rings is 1. The first-order valence-electron chi connectivity index (χ1n) is 5.77. The van der Waals surface area contributed by atoms with E-state index < -0.39 is 22.8 Å². The van der Waals surface area contributed by atoms with Gasteiger partial charge in [-0.15, -0.1) is 0 Å². The second kappa shape index (κ2) is 5.37. The highest BCUT2D eigenvalue weighted by Crippen LogP contribution is 2.19. The van der Waals surface area contributed by atoms with Crippen LogP contribution in [0.5, 0.6) is 5.75 Å². The summed E-state index contributed by atoms with van der Waals surface area (Å²) in [4.78, 5) is 25.0. The molecule has 108 valence electrons. The Labute approximate surface area is 118 Å². The van der Waals surface area contributed by atoms with E-state index in [9.17, 15) is 14.7 Å². The average Bonchev–Trinajstić information content (AvgIpc) is 2.49. The van der Waals surface area contributed by atoms with Gasteiger partial charge in [0.2, 0.25) is 5.43 Å². The molecule has 0 amide bonds. The van der Waals surface area contributed by atoms with E-state index in [1.54, 1.807) is 24.3 Å². The Hall–Kier alpha value is -3.29. The van der Waals surface area contributed by atoms with E-state index in [2.05, 4.69) is 10.1 Å². The number of aromatic hydroxyl groups is 1. The summed E-state index contributed by atoms with van der Waals surface area (Å²) in [5.74, 6) is 2.95. The van der Waals surface area contributed by atoms with E-state index in [0.29, 0.717) is 11.1 Å². The van der Waals surface area contributed by atoms with Gasteiger partial charge < -0.3 is 26.8 Å². The highest BCUT2D eigenvalue weighted by atomic mass is 16.4. The van der Waals surface area contributed by atoms with Gasteiger partial charge in [0, 0.05) is 11.6 Å². The van der Waals surface area contributed by atoms with Crippen molar-refractivity contribution in [2.75, 3.05) is 0 Å². The maximum atomic E-state index is 11.6. The molecule has 0 spiro atoms. The maximum Gasteiger partial charge on any atom is 0.356 e. The zero-order valence-electron chi connectivity index (χ0n) is 10.7. The Morgan fingerprint density at radius 3 is 2.38 bits per heavy atom. The van der Waals surface area contributed by atoms with E-state index >= 15 is 0 Å². The molecular weight excluding hydrogens is 276 g/mol. The first kappa shape index (κ1) is 14.1. The Morgan fingerprint density at radius 1 is 1.24 bits per heavy atom. The SMILES string of the molecule is N/N=C(\N)c1ccc(-c2cc(=O)c(O)c(C(=O)O)[nH]2)cc1. The summed E-state index contributed by atoms with van der Waals surface area (Å²) in [6.45, 7) is 0. The van der Waals surface area contributed by atoms with Gasteiger partial charge in [-0.2, -0.15) is 5.10 Å². The third-order valence-electron chi connectivity index (χ3n) is 2.85. The molecule has 2 aromatic rings. The number of pyridine rings is 1. The van der Waals surface area contributed by atoms with Gasteiger partial charge in [-0.25, -0.2) is 4.79 Å². The molecule has 8 heteroatoms. The monoisotopic (exact) mass is 288 g/mol. The molecule has 1 heterocycles. The number of hydrogen-bond acceptors (Lipinski definition) is 5. The third-order valence-corrected chi connectivity index (χ3v) is 2.85. The van der Waals surface area contributed by atoms with Crippen LogP contribution in [0.25, 0.3) is 11.3 Å². The first-order valence-corrected chi connectivity index (χ1v) is 5.77. The number of aromatic nitrogens is 1. The molecule has 21 heavy (non-hydrogen) atoms. The van der Waals surface area contributed by atoms with Crippen LogP contribution in [0.1, 0.15) is 16.1 Å². The normalized spacial score (nSPS) is 11.3. The zero-order valence-corrected chi connectivity index (χ0v) is 10.7. The number of H-pyrrole nitrogens is 1. The van der Waals surface area contributed by atoms with Gasteiger partial charge in [-0.3, -0.25) is 4.79 Å². The predicted octanol–water partition coefficient (Wildman–Crippen LogP) is 0.0247. The number of rotatable bonds is 3. The molecule has 7 N–H and O–H groups in total.